The largest absolute Gasteiger partial charge is 0.353 e. The van der Waals surface area contributed by atoms with Gasteiger partial charge in [-0.15, -0.1) is 0 Å². The van der Waals surface area contributed by atoms with Crippen molar-refractivity contribution < 1.29 is 9.47 Å². The normalized spacial score (nSPS) is 21.4. The number of benzene rings is 1. The molecular weight excluding hydrogens is 200 g/mol. The lowest BCUT2D eigenvalue weighted by atomic mass is 10.2. The fourth-order valence-corrected chi connectivity index (χ4v) is 1.75. The maximum atomic E-state index is 5.60. The molecule has 1 fully saturated rings. The van der Waals surface area contributed by atoms with E-state index in [1.165, 1.54) is 18.4 Å². The van der Waals surface area contributed by atoms with Crippen LogP contribution in [0.1, 0.15) is 24.8 Å². The van der Waals surface area contributed by atoms with Crippen LogP contribution in [-0.2, 0) is 9.47 Å². The van der Waals surface area contributed by atoms with Gasteiger partial charge in [-0.2, -0.15) is 0 Å². The van der Waals surface area contributed by atoms with Crippen molar-refractivity contribution in [3.63, 3.8) is 0 Å². The minimum Gasteiger partial charge on any atom is -0.353 e. The van der Waals surface area contributed by atoms with Crippen molar-refractivity contribution in [2.24, 2.45) is 0 Å². The molecule has 1 saturated heterocycles. The molecule has 0 spiro atoms. The van der Waals surface area contributed by atoms with E-state index in [2.05, 4.69) is 18.2 Å². The minimum absolute atomic E-state index is 0.00849. The molecule has 0 aromatic heterocycles. The van der Waals surface area contributed by atoms with Gasteiger partial charge in [0.2, 0.25) is 0 Å². The number of hydrogen-bond acceptors (Lipinski definition) is 2. The van der Waals surface area contributed by atoms with Crippen molar-refractivity contribution in [3.05, 3.63) is 42.0 Å². The molecule has 0 radical (unpaired) electrons. The first-order valence-corrected chi connectivity index (χ1v) is 5.90. The van der Waals surface area contributed by atoms with Crippen molar-refractivity contribution in [1.29, 1.82) is 0 Å². The zero-order chi connectivity index (χ0) is 11.1. The van der Waals surface area contributed by atoms with Crippen LogP contribution in [-0.4, -0.2) is 19.5 Å². The highest BCUT2D eigenvalue weighted by molar-refractivity contribution is 5.48. The third-order valence-corrected chi connectivity index (χ3v) is 2.63. The molecule has 2 rings (SSSR count). The molecule has 2 heteroatoms. The lowest BCUT2D eigenvalue weighted by molar-refractivity contribution is -0.155. The van der Waals surface area contributed by atoms with Crippen molar-refractivity contribution >= 4 is 6.08 Å². The molecule has 0 aliphatic carbocycles. The molecule has 0 bridgehead atoms. The topological polar surface area (TPSA) is 18.5 Å². The SMILES string of the molecule is C(=C\c1ccccc1)/COC1CCCCO1. The first kappa shape index (κ1) is 11.4. The zero-order valence-corrected chi connectivity index (χ0v) is 9.47. The molecular formula is C14H18O2. The van der Waals surface area contributed by atoms with Gasteiger partial charge >= 0.3 is 0 Å². The summed E-state index contributed by atoms with van der Waals surface area (Å²) in [6.07, 6.45) is 7.52. The van der Waals surface area contributed by atoms with Crippen LogP contribution in [0.4, 0.5) is 0 Å². The molecule has 1 aliphatic rings. The van der Waals surface area contributed by atoms with Crippen LogP contribution in [0.2, 0.25) is 0 Å². The molecule has 1 heterocycles. The fourth-order valence-electron chi connectivity index (χ4n) is 1.75. The number of ether oxygens (including phenoxy) is 2. The standard InChI is InChI=1S/C14H18O2/c1-2-7-13(8-3-1)9-6-12-16-14-10-4-5-11-15-14/h1-3,6-9,14H,4-5,10-12H2/b9-6+. The molecule has 16 heavy (non-hydrogen) atoms. The number of hydrogen-bond donors (Lipinski definition) is 0. The van der Waals surface area contributed by atoms with E-state index in [-0.39, 0.29) is 6.29 Å². The van der Waals surface area contributed by atoms with E-state index >= 15 is 0 Å². The van der Waals surface area contributed by atoms with Gasteiger partial charge in [0.05, 0.1) is 6.61 Å². The van der Waals surface area contributed by atoms with Crippen LogP contribution in [0.25, 0.3) is 6.08 Å². The summed E-state index contributed by atoms with van der Waals surface area (Å²) in [5, 5.41) is 0. The Hall–Kier alpha value is -1.12. The van der Waals surface area contributed by atoms with Crippen molar-refractivity contribution in [2.75, 3.05) is 13.2 Å². The van der Waals surface area contributed by atoms with Crippen molar-refractivity contribution in [2.45, 2.75) is 25.6 Å². The van der Waals surface area contributed by atoms with Gasteiger partial charge in [-0.25, -0.2) is 0 Å². The van der Waals surface area contributed by atoms with Gasteiger partial charge < -0.3 is 9.47 Å². The monoisotopic (exact) mass is 218 g/mol. The third kappa shape index (κ3) is 3.80. The average Bonchev–Trinajstić information content (AvgIpc) is 2.37. The summed E-state index contributed by atoms with van der Waals surface area (Å²) < 4.78 is 11.1. The molecule has 2 nitrogen and oxygen atoms in total. The van der Waals surface area contributed by atoms with Crippen molar-refractivity contribution in [1.82, 2.24) is 0 Å². The smallest absolute Gasteiger partial charge is 0.157 e. The second-order valence-electron chi connectivity index (χ2n) is 3.94. The van der Waals surface area contributed by atoms with Crippen LogP contribution >= 0.6 is 0 Å². The van der Waals surface area contributed by atoms with E-state index in [9.17, 15) is 0 Å². The van der Waals surface area contributed by atoms with E-state index in [1.54, 1.807) is 0 Å². The molecule has 86 valence electrons. The highest BCUT2D eigenvalue weighted by Crippen LogP contribution is 2.13. The molecule has 0 saturated carbocycles. The maximum Gasteiger partial charge on any atom is 0.157 e. The van der Waals surface area contributed by atoms with Crippen molar-refractivity contribution in [3.8, 4) is 0 Å². The van der Waals surface area contributed by atoms with E-state index in [0.717, 1.165) is 13.0 Å². The summed E-state index contributed by atoms with van der Waals surface area (Å²) in [5.41, 5.74) is 1.20. The van der Waals surface area contributed by atoms with Gasteiger partial charge in [0.1, 0.15) is 0 Å². The first-order valence-electron chi connectivity index (χ1n) is 5.90. The molecule has 1 aromatic carbocycles. The number of rotatable bonds is 4. The summed E-state index contributed by atoms with van der Waals surface area (Å²) in [7, 11) is 0. The lowest BCUT2D eigenvalue weighted by Gasteiger charge is -2.21. The Bertz CT molecular complexity index is 313. The van der Waals surface area contributed by atoms with Crippen LogP contribution in [0.5, 0.6) is 0 Å². The summed E-state index contributed by atoms with van der Waals surface area (Å²) in [6, 6.07) is 10.2. The van der Waals surface area contributed by atoms with Gasteiger partial charge in [-0.3, -0.25) is 0 Å². The van der Waals surface area contributed by atoms with Gasteiger partial charge in [-0.1, -0.05) is 42.5 Å². The second kappa shape index (κ2) is 6.46. The molecule has 1 aliphatic heterocycles. The predicted molar refractivity (Wildman–Crippen MR) is 65.0 cm³/mol. The Morgan fingerprint density at radius 1 is 1.25 bits per heavy atom. The van der Waals surface area contributed by atoms with Crippen LogP contribution < -0.4 is 0 Å². The minimum atomic E-state index is 0.00849. The molecule has 0 N–H and O–H groups in total. The van der Waals surface area contributed by atoms with Gasteiger partial charge in [0.15, 0.2) is 6.29 Å². The average molecular weight is 218 g/mol. The van der Waals surface area contributed by atoms with E-state index < -0.39 is 0 Å². The molecule has 0 amide bonds. The van der Waals surface area contributed by atoms with Crippen LogP contribution in [0, 0.1) is 0 Å². The Morgan fingerprint density at radius 3 is 2.88 bits per heavy atom. The second-order valence-corrected chi connectivity index (χ2v) is 3.94. The summed E-state index contributed by atoms with van der Waals surface area (Å²) in [4.78, 5) is 0. The molecule has 1 atom stereocenters. The van der Waals surface area contributed by atoms with Gasteiger partial charge in [-0.05, 0) is 24.8 Å². The summed E-state index contributed by atoms with van der Waals surface area (Å²) >= 11 is 0. The highest BCUT2D eigenvalue weighted by atomic mass is 16.7. The van der Waals surface area contributed by atoms with Gasteiger partial charge in [0, 0.05) is 6.61 Å². The Balaban J connectivity index is 1.69. The van der Waals surface area contributed by atoms with Crippen LogP contribution in [0.15, 0.2) is 36.4 Å². The van der Waals surface area contributed by atoms with Gasteiger partial charge in [0.25, 0.3) is 0 Å². The fraction of sp³-hybridized carbons (Fsp3) is 0.429. The zero-order valence-electron chi connectivity index (χ0n) is 9.47. The molecule has 1 aromatic rings. The lowest BCUT2D eigenvalue weighted by Crippen LogP contribution is -2.22. The third-order valence-electron chi connectivity index (χ3n) is 2.63. The molecule has 1 unspecified atom stereocenters. The Morgan fingerprint density at radius 2 is 2.12 bits per heavy atom. The van der Waals surface area contributed by atoms with E-state index in [4.69, 9.17) is 9.47 Å². The maximum absolute atomic E-state index is 5.60. The Labute approximate surface area is 96.9 Å². The van der Waals surface area contributed by atoms with E-state index in [1.807, 2.05) is 24.3 Å². The van der Waals surface area contributed by atoms with E-state index in [0.29, 0.717) is 6.61 Å². The summed E-state index contributed by atoms with van der Waals surface area (Å²) in [5.74, 6) is 0. The quantitative estimate of drug-likeness (QED) is 0.772. The Kier molecular flexibility index (Phi) is 4.59. The first-order chi connectivity index (χ1) is 7.95. The predicted octanol–water partition coefficient (Wildman–Crippen LogP) is 3.24. The van der Waals surface area contributed by atoms with Crippen LogP contribution in [0.3, 0.4) is 0 Å². The highest BCUT2D eigenvalue weighted by Gasteiger charge is 2.12. The summed E-state index contributed by atoms with van der Waals surface area (Å²) in [6.45, 7) is 1.46.